The van der Waals surface area contributed by atoms with Gasteiger partial charge in [-0.1, -0.05) is 49.0 Å². The summed E-state index contributed by atoms with van der Waals surface area (Å²) in [5.41, 5.74) is 2.75. The van der Waals surface area contributed by atoms with Crippen LogP contribution in [0.4, 0.5) is 0 Å². The van der Waals surface area contributed by atoms with Crippen molar-refractivity contribution in [2.24, 2.45) is 17.3 Å². The van der Waals surface area contributed by atoms with E-state index in [2.05, 4.69) is 72.1 Å². The van der Waals surface area contributed by atoms with E-state index >= 15 is 0 Å². The molecule has 0 saturated heterocycles. The maximum Gasteiger partial charge on any atom is 0.0805 e. The Kier molecular flexibility index (Phi) is 6.43. The molecule has 1 saturated carbocycles. The predicted octanol–water partition coefficient (Wildman–Crippen LogP) is 6.10. The van der Waals surface area contributed by atoms with Gasteiger partial charge in [0.25, 0.3) is 0 Å². The zero-order valence-corrected chi connectivity index (χ0v) is 15.4. The summed E-state index contributed by atoms with van der Waals surface area (Å²) >= 11 is 0. The van der Waals surface area contributed by atoms with Crippen LogP contribution in [0.3, 0.4) is 0 Å². The lowest BCUT2D eigenvalue weighted by molar-refractivity contribution is 0.0656. The Hall–Kier alpha value is -1.08. The van der Waals surface area contributed by atoms with Crippen molar-refractivity contribution in [1.82, 2.24) is 0 Å². The van der Waals surface area contributed by atoms with Crippen LogP contribution in [-0.4, -0.2) is 12.7 Å². The van der Waals surface area contributed by atoms with Crippen LogP contribution < -0.4 is 0 Å². The molecule has 0 bridgehead atoms. The second-order valence-electron chi connectivity index (χ2n) is 7.66. The summed E-state index contributed by atoms with van der Waals surface area (Å²) in [5, 5.41) is 0. The molecule has 1 aliphatic rings. The smallest absolute Gasteiger partial charge is 0.0805 e. The number of hydrogen-bond donors (Lipinski definition) is 0. The van der Waals surface area contributed by atoms with E-state index in [1.807, 2.05) is 0 Å². The van der Waals surface area contributed by atoms with Gasteiger partial charge in [0.1, 0.15) is 0 Å². The third-order valence-corrected chi connectivity index (χ3v) is 5.44. The fourth-order valence-electron chi connectivity index (χ4n) is 3.39. The van der Waals surface area contributed by atoms with Crippen LogP contribution in [0.1, 0.15) is 53.9 Å². The molecule has 22 heavy (non-hydrogen) atoms. The van der Waals surface area contributed by atoms with Crippen molar-refractivity contribution in [1.29, 1.82) is 0 Å². The van der Waals surface area contributed by atoms with Gasteiger partial charge in [0.15, 0.2) is 0 Å². The Labute approximate surface area is 137 Å². The van der Waals surface area contributed by atoms with Gasteiger partial charge in [-0.05, 0) is 64.2 Å². The molecule has 0 N–H and O–H groups in total. The molecule has 1 aliphatic carbocycles. The molecule has 0 radical (unpaired) electrons. The molecule has 0 aromatic carbocycles. The first-order chi connectivity index (χ1) is 10.1. The van der Waals surface area contributed by atoms with Gasteiger partial charge in [-0.2, -0.15) is 0 Å². The van der Waals surface area contributed by atoms with E-state index in [1.54, 1.807) is 7.11 Å². The summed E-state index contributed by atoms with van der Waals surface area (Å²) in [5.74, 6) is 1.18. The molecule has 0 amide bonds. The topological polar surface area (TPSA) is 9.23 Å². The Morgan fingerprint density at radius 1 is 1.32 bits per heavy atom. The first-order valence-electron chi connectivity index (χ1n) is 8.35. The van der Waals surface area contributed by atoms with Crippen LogP contribution >= 0.6 is 0 Å². The lowest BCUT2D eigenvalue weighted by Crippen LogP contribution is -2.33. The van der Waals surface area contributed by atoms with Crippen molar-refractivity contribution in [2.75, 3.05) is 7.11 Å². The van der Waals surface area contributed by atoms with Gasteiger partial charge in [-0.25, -0.2) is 0 Å². The van der Waals surface area contributed by atoms with Crippen molar-refractivity contribution < 1.29 is 4.74 Å². The van der Waals surface area contributed by atoms with Crippen LogP contribution in [0.5, 0.6) is 0 Å². The van der Waals surface area contributed by atoms with Crippen molar-refractivity contribution in [3.8, 4) is 0 Å². The molecular weight excluding hydrogens is 268 g/mol. The van der Waals surface area contributed by atoms with Crippen LogP contribution in [0.2, 0.25) is 0 Å². The normalized spacial score (nSPS) is 30.5. The molecular formula is C21H34O. The summed E-state index contributed by atoms with van der Waals surface area (Å²) < 4.78 is 5.42. The van der Waals surface area contributed by atoms with Crippen LogP contribution in [0, 0.1) is 17.3 Å². The first kappa shape index (κ1) is 19.0. The van der Waals surface area contributed by atoms with Crippen LogP contribution in [-0.2, 0) is 4.74 Å². The summed E-state index contributed by atoms with van der Waals surface area (Å²) in [4.78, 5) is 0. The number of rotatable bonds is 6. The van der Waals surface area contributed by atoms with E-state index in [-0.39, 0.29) is 11.0 Å². The molecule has 0 spiro atoms. The lowest BCUT2D eigenvalue weighted by Gasteiger charge is -2.43. The Bertz CT molecular complexity index is 466. The molecule has 0 heterocycles. The second kappa shape index (κ2) is 7.46. The molecule has 1 rings (SSSR count). The molecule has 3 atom stereocenters. The van der Waals surface area contributed by atoms with Crippen molar-refractivity contribution >= 4 is 0 Å². The predicted molar refractivity (Wildman–Crippen MR) is 97.9 cm³/mol. The minimum Gasteiger partial charge on any atom is -0.375 e. The van der Waals surface area contributed by atoms with Crippen molar-refractivity contribution in [3.05, 3.63) is 48.6 Å². The van der Waals surface area contributed by atoms with Crippen molar-refractivity contribution in [2.45, 2.75) is 59.5 Å². The minimum absolute atomic E-state index is 0.203. The third kappa shape index (κ3) is 4.71. The minimum atomic E-state index is -0.203. The van der Waals surface area contributed by atoms with Gasteiger partial charge < -0.3 is 4.74 Å². The second-order valence-corrected chi connectivity index (χ2v) is 7.66. The van der Waals surface area contributed by atoms with E-state index in [4.69, 9.17) is 4.74 Å². The number of methoxy groups -OCH3 is 1. The highest BCUT2D eigenvalue weighted by Gasteiger charge is 2.38. The van der Waals surface area contributed by atoms with E-state index < -0.39 is 0 Å². The number of hydrogen-bond acceptors (Lipinski definition) is 1. The largest absolute Gasteiger partial charge is 0.375 e. The summed E-state index contributed by atoms with van der Waals surface area (Å²) in [6, 6.07) is 0. The SMILES string of the molecule is C=CC1(C)CCC(C(C)=CC=CC(C)(C)OC)CC1C(=C)C. The Balaban J connectivity index is 2.82. The molecule has 0 aliphatic heterocycles. The number of ether oxygens (including phenoxy) is 1. The highest BCUT2D eigenvalue weighted by atomic mass is 16.5. The maximum atomic E-state index is 5.42. The zero-order chi connectivity index (χ0) is 17.0. The first-order valence-corrected chi connectivity index (χ1v) is 8.35. The maximum absolute atomic E-state index is 5.42. The number of allylic oxidation sites excluding steroid dienone is 5. The average molecular weight is 303 g/mol. The standard InChI is InChI=1S/C21H34O/c1-9-21(7)14-12-18(15-19(21)16(2)3)17(4)11-10-13-20(5,6)22-8/h9-11,13,18-19H,1-2,12,14-15H2,3-8H3. The van der Waals surface area contributed by atoms with Gasteiger partial charge in [-0.3, -0.25) is 0 Å². The summed E-state index contributed by atoms with van der Waals surface area (Å²) in [6.45, 7) is 19.2. The van der Waals surface area contributed by atoms with Crippen LogP contribution in [0.25, 0.3) is 0 Å². The molecule has 0 aromatic rings. The van der Waals surface area contributed by atoms with Gasteiger partial charge in [-0.15, -0.1) is 6.58 Å². The van der Waals surface area contributed by atoms with Gasteiger partial charge >= 0.3 is 0 Å². The van der Waals surface area contributed by atoms with E-state index in [0.717, 1.165) is 0 Å². The highest BCUT2D eigenvalue weighted by molar-refractivity contribution is 5.20. The monoisotopic (exact) mass is 302 g/mol. The lowest BCUT2D eigenvalue weighted by atomic mass is 9.61. The highest BCUT2D eigenvalue weighted by Crippen LogP contribution is 2.48. The van der Waals surface area contributed by atoms with Crippen molar-refractivity contribution in [3.63, 3.8) is 0 Å². The third-order valence-electron chi connectivity index (χ3n) is 5.44. The molecule has 1 nitrogen and oxygen atoms in total. The summed E-state index contributed by atoms with van der Waals surface area (Å²) in [7, 11) is 1.75. The van der Waals surface area contributed by atoms with Gasteiger partial charge in [0.05, 0.1) is 5.60 Å². The van der Waals surface area contributed by atoms with Gasteiger partial charge in [0, 0.05) is 7.11 Å². The Morgan fingerprint density at radius 3 is 2.45 bits per heavy atom. The quantitative estimate of drug-likeness (QED) is 0.425. The molecule has 1 fully saturated rings. The van der Waals surface area contributed by atoms with Gasteiger partial charge in [0.2, 0.25) is 0 Å². The average Bonchev–Trinajstić information content (AvgIpc) is 2.47. The summed E-state index contributed by atoms with van der Waals surface area (Å²) in [6.07, 6.45) is 12.2. The van der Waals surface area contributed by atoms with E-state index in [0.29, 0.717) is 11.8 Å². The fourth-order valence-corrected chi connectivity index (χ4v) is 3.39. The molecule has 1 heteroatoms. The van der Waals surface area contributed by atoms with E-state index in [9.17, 15) is 0 Å². The van der Waals surface area contributed by atoms with E-state index in [1.165, 1.54) is 30.4 Å². The fraction of sp³-hybridized carbons (Fsp3) is 0.619. The molecule has 124 valence electrons. The van der Waals surface area contributed by atoms with Crippen LogP contribution in [0.15, 0.2) is 48.6 Å². The zero-order valence-electron chi connectivity index (χ0n) is 15.4. The Morgan fingerprint density at radius 2 is 1.95 bits per heavy atom. The molecule has 3 unspecified atom stereocenters. The molecule has 0 aromatic heterocycles.